The number of thiophene rings is 1. The Balaban J connectivity index is 1.60. The number of nitrogens with zero attached hydrogens (tertiary/aromatic N) is 2. The number of aryl methyl sites for hydroxylation is 1. The minimum atomic E-state index is 0.0841. The molecular weight excluding hydrogens is 318 g/mol. The lowest BCUT2D eigenvalue weighted by molar-refractivity contribution is -0.116. The molecule has 0 atom stereocenters. The van der Waals surface area contributed by atoms with E-state index in [1.165, 1.54) is 5.56 Å². The molecule has 1 fully saturated rings. The molecule has 24 heavy (non-hydrogen) atoms. The maximum Gasteiger partial charge on any atom is 0.224 e. The van der Waals surface area contributed by atoms with Crippen molar-refractivity contribution < 1.29 is 4.79 Å². The average Bonchev–Trinajstić information content (AvgIpc) is 3.14. The molecule has 128 valence electrons. The first-order valence-electron chi connectivity index (χ1n) is 8.63. The zero-order valence-electron chi connectivity index (χ0n) is 14.2. The van der Waals surface area contributed by atoms with Crippen molar-refractivity contribution in [3.05, 3.63) is 46.7 Å². The monoisotopic (exact) mass is 343 g/mol. The highest BCUT2D eigenvalue weighted by Gasteiger charge is 2.18. The minimum Gasteiger partial charge on any atom is -0.367 e. The van der Waals surface area contributed by atoms with Crippen molar-refractivity contribution in [2.75, 3.05) is 42.9 Å². The molecule has 0 saturated carbocycles. The zero-order valence-corrected chi connectivity index (χ0v) is 15.0. The molecule has 0 unspecified atom stereocenters. The third-order valence-corrected chi connectivity index (χ3v) is 5.29. The van der Waals surface area contributed by atoms with Gasteiger partial charge in [-0.1, -0.05) is 19.1 Å². The first kappa shape index (κ1) is 17.0. The lowest BCUT2D eigenvalue weighted by atomic mass is 10.1. The van der Waals surface area contributed by atoms with Crippen LogP contribution in [0.4, 0.5) is 11.4 Å². The van der Waals surface area contributed by atoms with Crippen molar-refractivity contribution in [2.45, 2.75) is 19.8 Å². The number of para-hydroxylation sites is 2. The number of benzene rings is 1. The standard InChI is InChI=1S/C19H25N3OS/c1-2-21-10-12-22(13-11-21)18-6-4-3-5-17(18)20-19(23)8-7-16-9-14-24-15-16/h3-6,9,14-15H,2,7-8,10-13H2,1H3,(H,20,23). The van der Waals surface area contributed by atoms with Gasteiger partial charge in [-0.2, -0.15) is 11.3 Å². The Labute approximate surface area is 148 Å². The van der Waals surface area contributed by atoms with Crippen LogP contribution in [0.25, 0.3) is 0 Å². The molecule has 0 aliphatic carbocycles. The maximum atomic E-state index is 12.3. The van der Waals surface area contributed by atoms with Crippen LogP contribution in [0.5, 0.6) is 0 Å². The predicted molar refractivity (Wildman–Crippen MR) is 102 cm³/mol. The number of amides is 1. The molecular formula is C19H25N3OS. The second-order valence-electron chi connectivity index (χ2n) is 6.12. The van der Waals surface area contributed by atoms with Crippen molar-refractivity contribution in [3.8, 4) is 0 Å². The van der Waals surface area contributed by atoms with Gasteiger partial charge in [0.25, 0.3) is 0 Å². The van der Waals surface area contributed by atoms with Crippen LogP contribution < -0.4 is 10.2 Å². The lowest BCUT2D eigenvalue weighted by Crippen LogP contribution is -2.46. The summed E-state index contributed by atoms with van der Waals surface area (Å²) in [6.07, 6.45) is 1.32. The number of likely N-dealkylation sites (N-methyl/N-ethyl adjacent to an activating group) is 1. The molecule has 1 amide bonds. The number of carbonyl (C=O) groups excluding carboxylic acids is 1. The zero-order chi connectivity index (χ0) is 16.8. The molecule has 1 aliphatic heterocycles. The summed E-state index contributed by atoms with van der Waals surface area (Å²) in [5.41, 5.74) is 3.30. The molecule has 0 bridgehead atoms. The van der Waals surface area contributed by atoms with Gasteiger partial charge in [0, 0.05) is 32.6 Å². The summed E-state index contributed by atoms with van der Waals surface area (Å²) in [6.45, 7) is 7.49. The smallest absolute Gasteiger partial charge is 0.224 e. The number of hydrogen-bond donors (Lipinski definition) is 1. The molecule has 1 saturated heterocycles. The van der Waals surface area contributed by atoms with Crippen LogP contribution >= 0.6 is 11.3 Å². The Morgan fingerprint density at radius 2 is 1.96 bits per heavy atom. The van der Waals surface area contributed by atoms with Crippen molar-refractivity contribution in [1.82, 2.24) is 4.90 Å². The SMILES string of the molecule is CCN1CCN(c2ccccc2NC(=O)CCc2ccsc2)CC1. The summed E-state index contributed by atoms with van der Waals surface area (Å²) < 4.78 is 0. The van der Waals surface area contributed by atoms with Crippen LogP contribution in [-0.2, 0) is 11.2 Å². The quantitative estimate of drug-likeness (QED) is 0.872. The van der Waals surface area contributed by atoms with E-state index >= 15 is 0 Å². The molecule has 4 nitrogen and oxygen atoms in total. The summed E-state index contributed by atoms with van der Waals surface area (Å²) in [7, 11) is 0. The molecule has 2 aromatic rings. The number of nitrogens with one attached hydrogen (secondary N) is 1. The van der Waals surface area contributed by atoms with Gasteiger partial charge in [0.05, 0.1) is 11.4 Å². The second kappa shape index (κ2) is 8.31. The Bertz CT molecular complexity index is 648. The van der Waals surface area contributed by atoms with Crippen LogP contribution in [0.15, 0.2) is 41.1 Å². The van der Waals surface area contributed by atoms with Gasteiger partial charge in [-0.15, -0.1) is 0 Å². The van der Waals surface area contributed by atoms with E-state index in [-0.39, 0.29) is 5.91 Å². The third-order valence-electron chi connectivity index (χ3n) is 4.56. The number of hydrogen-bond acceptors (Lipinski definition) is 4. The summed E-state index contributed by atoms with van der Waals surface area (Å²) in [6, 6.07) is 10.2. The second-order valence-corrected chi connectivity index (χ2v) is 6.90. The summed E-state index contributed by atoms with van der Waals surface area (Å²) in [4.78, 5) is 17.1. The lowest BCUT2D eigenvalue weighted by Gasteiger charge is -2.36. The van der Waals surface area contributed by atoms with Crippen LogP contribution in [0.1, 0.15) is 18.9 Å². The van der Waals surface area contributed by atoms with Gasteiger partial charge in [0.1, 0.15) is 0 Å². The molecule has 1 aromatic heterocycles. The molecule has 1 aliphatic rings. The van der Waals surface area contributed by atoms with Crippen LogP contribution in [0.2, 0.25) is 0 Å². The molecule has 3 rings (SSSR count). The van der Waals surface area contributed by atoms with Crippen LogP contribution in [0.3, 0.4) is 0 Å². The topological polar surface area (TPSA) is 35.6 Å². The number of anilines is 2. The molecule has 1 N–H and O–H groups in total. The number of carbonyl (C=O) groups is 1. The van der Waals surface area contributed by atoms with E-state index in [1.54, 1.807) is 11.3 Å². The molecule has 0 radical (unpaired) electrons. The van der Waals surface area contributed by atoms with Crippen LogP contribution in [0, 0.1) is 0 Å². The third kappa shape index (κ3) is 4.36. The summed E-state index contributed by atoms with van der Waals surface area (Å²) in [5, 5.41) is 7.26. The molecule has 1 aromatic carbocycles. The van der Waals surface area contributed by atoms with E-state index in [0.29, 0.717) is 6.42 Å². The highest BCUT2D eigenvalue weighted by Crippen LogP contribution is 2.26. The minimum absolute atomic E-state index is 0.0841. The van der Waals surface area contributed by atoms with Crippen LogP contribution in [-0.4, -0.2) is 43.5 Å². The van der Waals surface area contributed by atoms with Gasteiger partial charge in [-0.05, 0) is 47.5 Å². The Morgan fingerprint density at radius 1 is 1.17 bits per heavy atom. The van der Waals surface area contributed by atoms with E-state index < -0.39 is 0 Å². The summed E-state index contributed by atoms with van der Waals surface area (Å²) >= 11 is 1.68. The predicted octanol–water partition coefficient (Wildman–Crippen LogP) is 3.46. The van der Waals surface area contributed by atoms with Gasteiger partial charge in [-0.3, -0.25) is 4.79 Å². The van der Waals surface area contributed by atoms with Gasteiger partial charge in [0.15, 0.2) is 0 Å². The number of rotatable bonds is 6. The summed E-state index contributed by atoms with van der Waals surface area (Å²) in [5.74, 6) is 0.0841. The van der Waals surface area contributed by atoms with E-state index in [4.69, 9.17) is 0 Å². The van der Waals surface area contributed by atoms with Crippen molar-refractivity contribution >= 4 is 28.6 Å². The first-order chi connectivity index (χ1) is 11.8. The Morgan fingerprint density at radius 3 is 2.67 bits per heavy atom. The largest absolute Gasteiger partial charge is 0.367 e. The van der Waals surface area contributed by atoms with E-state index in [9.17, 15) is 4.79 Å². The average molecular weight is 343 g/mol. The fourth-order valence-electron chi connectivity index (χ4n) is 3.07. The van der Waals surface area contributed by atoms with Crippen molar-refractivity contribution in [1.29, 1.82) is 0 Å². The van der Waals surface area contributed by atoms with E-state index in [1.807, 2.05) is 18.2 Å². The molecule has 2 heterocycles. The van der Waals surface area contributed by atoms with Crippen molar-refractivity contribution in [2.24, 2.45) is 0 Å². The number of piperazine rings is 1. The van der Waals surface area contributed by atoms with E-state index in [2.05, 4.69) is 44.9 Å². The molecule has 5 heteroatoms. The fourth-order valence-corrected chi connectivity index (χ4v) is 3.77. The first-order valence-corrected chi connectivity index (χ1v) is 9.58. The normalized spacial score (nSPS) is 15.5. The Kier molecular flexibility index (Phi) is 5.88. The van der Waals surface area contributed by atoms with Crippen molar-refractivity contribution in [3.63, 3.8) is 0 Å². The van der Waals surface area contributed by atoms with Gasteiger partial charge in [-0.25, -0.2) is 0 Å². The Hall–Kier alpha value is -1.85. The van der Waals surface area contributed by atoms with Gasteiger partial charge in [0.2, 0.25) is 5.91 Å². The highest BCUT2D eigenvalue weighted by molar-refractivity contribution is 7.07. The maximum absolute atomic E-state index is 12.3. The highest BCUT2D eigenvalue weighted by atomic mass is 32.1. The van der Waals surface area contributed by atoms with Gasteiger partial charge >= 0.3 is 0 Å². The van der Waals surface area contributed by atoms with Gasteiger partial charge < -0.3 is 15.1 Å². The molecule has 0 spiro atoms. The van der Waals surface area contributed by atoms with E-state index in [0.717, 1.165) is 50.5 Å². The fraction of sp³-hybridized carbons (Fsp3) is 0.421.